The number of hydrazone groups is 1. The number of nitrogens with zero attached hydrogens (tertiary/aromatic N) is 2. The molecular weight excluding hydrogens is 192 g/mol. The van der Waals surface area contributed by atoms with Gasteiger partial charge in [0.05, 0.1) is 0 Å². The summed E-state index contributed by atoms with van der Waals surface area (Å²) in [6.45, 7) is 3.26. The Labute approximate surface area is 89.0 Å². The first kappa shape index (κ1) is 9.59. The minimum absolute atomic E-state index is 0.618. The number of hydrogen-bond donors (Lipinski definition) is 0. The lowest BCUT2D eigenvalue weighted by molar-refractivity contribution is 0.357. The molecular formula is C11H14N2S. The molecule has 0 aliphatic carbocycles. The zero-order chi connectivity index (χ0) is 9.97. The highest BCUT2D eigenvalue weighted by Gasteiger charge is 2.17. The molecule has 0 saturated heterocycles. The van der Waals surface area contributed by atoms with Gasteiger partial charge in [0.2, 0.25) is 0 Å². The summed E-state index contributed by atoms with van der Waals surface area (Å²) in [7, 11) is 2.03. The number of hydrogen-bond acceptors (Lipinski definition) is 3. The average Bonchev–Trinajstić information content (AvgIpc) is 2.18. The fourth-order valence-corrected chi connectivity index (χ4v) is 2.66. The topological polar surface area (TPSA) is 15.6 Å². The first-order chi connectivity index (χ1) is 6.75. The Kier molecular flexibility index (Phi) is 2.77. The summed E-state index contributed by atoms with van der Waals surface area (Å²) in [6.07, 6.45) is 0. The smallest absolute Gasteiger partial charge is 0.124 e. The van der Waals surface area contributed by atoms with Gasteiger partial charge < -0.3 is 0 Å². The number of benzene rings is 1. The molecule has 1 unspecified atom stereocenters. The van der Waals surface area contributed by atoms with Gasteiger partial charge >= 0.3 is 0 Å². The van der Waals surface area contributed by atoms with E-state index in [0.29, 0.717) is 5.25 Å². The SMILES string of the molecule is CC1CN(C)N=C(c2ccccc2)S1. The van der Waals surface area contributed by atoms with E-state index in [9.17, 15) is 0 Å². The summed E-state index contributed by atoms with van der Waals surface area (Å²) < 4.78 is 0. The van der Waals surface area contributed by atoms with Crippen molar-refractivity contribution in [1.82, 2.24) is 5.01 Å². The van der Waals surface area contributed by atoms with Crippen molar-refractivity contribution in [3.8, 4) is 0 Å². The predicted molar refractivity (Wildman–Crippen MR) is 62.7 cm³/mol. The predicted octanol–water partition coefficient (Wildman–Crippen LogP) is 2.42. The minimum atomic E-state index is 0.618. The van der Waals surface area contributed by atoms with Crippen molar-refractivity contribution in [2.45, 2.75) is 12.2 Å². The average molecular weight is 206 g/mol. The van der Waals surface area contributed by atoms with Crippen LogP contribution in [0.3, 0.4) is 0 Å². The molecule has 0 aromatic heterocycles. The molecule has 0 amide bonds. The van der Waals surface area contributed by atoms with Crippen LogP contribution in [0.2, 0.25) is 0 Å². The van der Waals surface area contributed by atoms with Crippen LogP contribution in [0.4, 0.5) is 0 Å². The Bertz CT molecular complexity index is 334. The van der Waals surface area contributed by atoms with Crippen molar-refractivity contribution < 1.29 is 0 Å². The van der Waals surface area contributed by atoms with E-state index in [1.54, 1.807) is 0 Å². The fraction of sp³-hybridized carbons (Fsp3) is 0.364. The second-order valence-corrected chi connectivity index (χ2v) is 4.97. The second kappa shape index (κ2) is 4.05. The van der Waals surface area contributed by atoms with Gasteiger partial charge in [-0.3, -0.25) is 5.01 Å². The van der Waals surface area contributed by atoms with E-state index in [2.05, 4.69) is 36.3 Å². The molecule has 3 heteroatoms. The Hall–Kier alpha value is -0.960. The maximum atomic E-state index is 4.52. The third-order valence-electron chi connectivity index (χ3n) is 2.12. The van der Waals surface area contributed by atoms with Crippen molar-refractivity contribution in [2.75, 3.05) is 13.6 Å². The van der Waals surface area contributed by atoms with Crippen LogP contribution in [-0.2, 0) is 0 Å². The third kappa shape index (κ3) is 2.10. The van der Waals surface area contributed by atoms with Crippen molar-refractivity contribution in [3.63, 3.8) is 0 Å². The lowest BCUT2D eigenvalue weighted by Crippen LogP contribution is -2.28. The first-order valence-corrected chi connectivity index (χ1v) is 5.65. The molecule has 1 aliphatic heterocycles. The second-order valence-electron chi connectivity index (χ2n) is 3.54. The van der Waals surface area contributed by atoms with E-state index in [-0.39, 0.29) is 0 Å². The Morgan fingerprint density at radius 3 is 2.71 bits per heavy atom. The monoisotopic (exact) mass is 206 g/mol. The van der Waals surface area contributed by atoms with E-state index in [1.807, 2.05) is 29.9 Å². The number of rotatable bonds is 1. The molecule has 1 aromatic rings. The summed E-state index contributed by atoms with van der Waals surface area (Å²) in [5.41, 5.74) is 1.22. The van der Waals surface area contributed by atoms with Crippen LogP contribution >= 0.6 is 11.8 Å². The standard InChI is InChI=1S/C11H14N2S/c1-9-8-13(2)12-11(14-9)10-6-4-3-5-7-10/h3-7,9H,8H2,1-2H3. The van der Waals surface area contributed by atoms with Gasteiger partial charge in [0.15, 0.2) is 0 Å². The van der Waals surface area contributed by atoms with Gasteiger partial charge in [-0.2, -0.15) is 5.10 Å². The molecule has 74 valence electrons. The van der Waals surface area contributed by atoms with Crippen molar-refractivity contribution >= 4 is 16.8 Å². The van der Waals surface area contributed by atoms with Gasteiger partial charge in [0.1, 0.15) is 5.04 Å². The molecule has 1 heterocycles. The normalized spacial score (nSPS) is 22.0. The molecule has 1 aliphatic rings. The zero-order valence-corrected chi connectivity index (χ0v) is 9.29. The molecule has 0 bridgehead atoms. The molecule has 0 spiro atoms. The molecule has 0 saturated carbocycles. The molecule has 0 radical (unpaired) electrons. The highest BCUT2D eigenvalue weighted by Crippen LogP contribution is 2.23. The maximum Gasteiger partial charge on any atom is 0.124 e. The summed E-state index contributed by atoms with van der Waals surface area (Å²) in [6, 6.07) is 10.4. The Morgan fingerprint density at radius 1 is 1.36 bits per heavy atom. The molecule has 2 nitrogen and oxygen atoms in total. The zero-order valence-electron chi connectivity index (χ0n) is 8.47. The highest BCUT2D eigenvalue weighted by molar-refractivity contribution is 8.15. The maximum absolute atomic E-state index is 4.52. The van der Waals surface area contributed by atoms with Crippen LogP contribution in [-0.4, -0.2) is 28.9 Å². The van der Waals surface area contributed by atoms with Gasteiger partial charge in [-0.25, -0.2) is 0 Å². The van der Waals surface area contributed by atoms with E-state index < -0.39 is 0 Å². The molecule has 0 fully saturated rings. The van der Waals surface area contributed by atoms with Gasteiger partial charge in [0.25, 0.3) is 0 Å². The summed E-state index contributed by atoms with van der Waals surface area (Å²) in [4.78, 5) is 0. The van der Waals surface area contributed by atoms with Crippen LogP contribution in [0.5, 0.6) is 0 Å². The van der Waals surface area contributed by atoms with Crippen LogP contribution in [0, 0.1) is 0 Å². The fourth-order valence-electron chi connectivity index (χ4n) is 1.53. The van der Waals surface area contributed by atoms with Crippen LogP contribution in [0.15, 0.2) is 35.4 Å². The van der Waals surface area contributed by atoms with Crippen molar-refractivity contribution in [2.24, 2.45) is 5.10 Å². The van der Waals surface area contributed by atoms with Crippen molar-refractivity contribution in [1.29, 1.82) is 0 Å². The van der Waals surface area contributed by atoms with Crippen molar-refractivity contribution in [3.05, 3.63) is 35.9 Å². The van der Waals surface area contributed by atoms with E-state index >= 15 is 0 Å². The highest BCUT2D eigenvalue weighted by atomic mass is 32.2. The van der Waals surface area contributed by atoms with Crippen LogP contribution in [0.25, 0.3) is 0 Å². The molecule has 0 N–H and O–H groups in total. The van der Waals surface area contributed by atoms with Crippen LogP contribution in [0.1, 0.15) is 12.5 Å². The molecule has 2 rings (SSSR count). The third-order valence-corrected chi connectivity index (χ3v) is 3.21. The van der Waals surface area contributed by atoms with Gasteiger partial charge in [-0.05, 0) is 0 Å². The number of thioether (sulfide) groups is 1. The first-order valence-electron chi connectivity index (χ1n) is 4.77. The van der Waals surface area contributed by atoms with Gasteiger partial charge in [0, 0.05) is 24.4 Å². The summed E-state index contributed by atoms with van der Waals surface area (Å²) >= 11 is 1.85. The lowest BCUT2D eigenvalue weighted by atomic mass is 10.2. The van der Waals surface area contributed by atoms with Gasteiger partial charge in [-0.15, -0.1) is 0 Å². The molecule has 1 atom stereocenters. The molecule has 1 aromatic carbocycles. The lowest BCUT2D eigenvalue weighted by Gasteiger charge is -2.25. The van der Waals surface area contributed by atoms with E-state index in [4.69, 9.17) is 0 Å². The van der Waals surface area contributed by atoms with E-state index in [0.717, 1.165) is 11.6 Å². The van der Waals surface area contributed by atoms with E-state index in [1.165, 1.54) is 5.56 Å². The Balaban J connectivity index is 2.26. The summed E-state index contributed by atoms with van der Waals surface area (Å²) in [5.74, 6) is 0. The molecule has 14 heavy (non-hydrogen) atoms. The summed E-state index contributed by atoms with van der Waals surface area (Å²) in [5, 5.41) is 8.28. The van der Waals surface area contributed by atoms with Gasteiger partial charge in [-0.1, -0.05) is 49.0 Å². The minimum Gasteiger partial charge on any atom is -0.298 e. The van der Waals surface area contributed by atoms with Crippen LogP contribution < -0.4 is 0 Å². The Morgan fingerprint density at radius 2 is 2.07 bits per heavy atom. The quantitative estimate of drug-likeness (QED) is 0.701. The largest absolute Gasteiger partial charge is 0.298 e.